The van der Waals surface area contributed by atoms with Gasteiger partial charge >= 0.3 is 0 Å². The molecule has 0 bridgehead atoms. The number of nitrogens with zero attached hydrogens (tertiary/aromatic N) is 3. The number of halogens is 1. The minimum atomic E-state index is -0.510. The fourth-order valence-corrected chi connectivity index (χ4v) is 4.00. The van der Waals surface area contributed by atoms with E-state index in [1.54, 1.807) is 30.6 Å². The van der Waals surface area contributed by atoms with E-state index in [0.29, 0.717) is 5.69 Å². The van der Waals surface area contributed by atoms with Gasteiger partial charge in [0, 0.05) is 22.1 Å². The van der Waals surface area contributed by atoms with Gasteiger partial charge in [0.15, 0.2) is 5.11 Å². The second kappa shape index (κ2) is 7.97. The Balaban J connectivity index is 1.76. The van der Waals surface area contributed by atoms with Crippen molar-refractivity contribution in [3.8, 4) is 5.69 Å². The van der Waals surface area contributed by atoms with E-state index in [-0.39, 0.29) is 10.7 Å². The van der Waals surface area contributed by atoms with Crippen molar-refractivity contribution in [3.63, 3.8) is 0 Å². The lowest BCUT2D eigenvalue weighted by Crippen LogP contribution is -2.54. The van der Waals surface area contributed by atoms with Crippen molar-refractivity contribution in [3.05, 3.63) is 81.9 Å². The first kappa shape index (κ1) is 20.2. The van der Waals surface area contributed by atoms with Crippen molar-refractivity contribution < 1.29 is 9.59 Å². The van der Waals surface area contributed by atoms with Crippen LogP contribution in [0.1, 0.15) is 17.0 Å². The average molecular weight is 481 g/mol. The van der Waals surface area contributed by atoms with Crippen LogP contribution in [0.3, 0.4) is 0 Å². The van der Waals surface area contributed by atoms with Gasteiger partial charge in [0.1, 0.15) is 5.57 Å². The predicted molar refractivity (Wildman–Crippen MR) is 123 cm³/mol. The third-order valence-corrected chi connectivity index (χ3v) is 5.67. The molecule has 0 radical (unpaired) electrons. The highest BCUT2D eigenvalue weighted by molar-refractivity contribution is 9.10. The van der Waals surface area contributed by atoms with E-state index < -0.39 is 11.8 Å². The van der Waals surface area contributed by atoms with Crippen LogP contribution in [0.5, 0.6) is 0 Å². The molecule has 0 atom stereocenters. The summed E-state index contributed by atoms with van der Waals surface area (Å²) in [5, 5.41) is 2.68. The largest absolute Gasteiger partial charge is 0.316 e. The highest BCUT2D eigenvalue weighted by atomic mass is 79.9. The van der Waals surface area contributed by atoms with Gasteiger partial charge < -0.3 is 4.57 Å². The average Bonchev–Trinajstić information content (AvgIpc) is 3.00. The minimum Gasteiger partial charge on any atom is -0.316 e. The summed E-state index contributed by atoms with van der Waals surface area (Å²) in [4.78, 5) is 31.3. The molecule has 1 aromatic carbocycles. The Kier molecular flexibility index (Phi) is 5.36. The van der Waals surface area contributed by atoms with E-state index >= 15 is 0 Å². The zero-order chi connectivity index (χ0) is 21.4. The molecule has 2 amide bonds. The predicted octanol–water partition coefficient (Wildman–Crippen LogP) is 4.08. The molecule has 3 heterocycles. The highest BCUT2D eigenvalue weighted by Crippen LogP contribution is 2.26. The van der Waals surface area contributed by atoms with Crippen molar-refractivity contribution in [2.24, 2.45) is 0 Å². The number of anilines is 1. The smallest absolute Gasteiger partial charge is 0.270 e. The zero-order valence-electron chi connectivity index (χ0n) is 16.2. The molecule has 0 spiro atoms. The highest BCUT2D eigenvalue weighted by Gasteiger charge is 2.34. The molecule has 0 unspecified atom stereocenters. The van der Waals surface area contributed by atoms with Crippen LogP contribution in [0, 0.1) is 13.8 Å². The molecule has 0 aliphatic carbocycles. The molecular formula is C22H17BrN4O2S. The molecule has 1 aliphatic rings. The summed E-state index contributed by atoms with van der Waals surface area (Å²) in [5.74, 6) is -0.971. The Morgan fingerprint density at radius 3 is 2.50 bits per heavy atom. The number of carbonyl (C=O) groups is 2. The minimum absolute atomic E-state index is 0.0259. The van der Waals surface area contributed by atoms with Crippen LogP contribution < -0.4 is 10.2 Å². The van der Waals surface area contributed by atoms with Crippen molar-refractivity contribution in [1.82, 2.24) is 14.9 Å². The third kappa shape index (κ3) is 3.59. The van der Waals surface area contributed by atoms with Crippen LogP contribution in [0.25, 0.3) is 11.8 Å². The van der Waals surface area contributed by atoms with E-state index in [1.165, 1.54) is 4.90 Å². The Morgan fingerprint density at radius 2 is 1.83 bits per heavy atom. The SMILES string of the molecule is Cc1cc(C=C2C(=O)NC(=S)N(c3ccc(Br)cc3)C2=O)c(C)n1-c1cccnc1. The number of thiocarbonyl (C=S) groups is 1. The van der Waals surface area contributed by atoms with Gasteiger partial charge in [-0.25, -0.2) is 0 Å². The number of aryl methyl sites for hydroxylation is 1. The van der Waals surface area contributed by atoms with Gasteiger partial charge in [0.25, 0.3) is 11.8 Å². The number of hydrogen-bond acceptors (Lipinski definition) is 4. The summed E-state index contributed by atoms with van der Waals surface area (Å²) in [6.07, 6.45) is 5.09. The maximum Gasteiger partial charge on any atom is 0.270 e. The van der Waals surface area contributed by atoms with E-state index in [2.05, 4.69) is 26.2 Å². The normalized spacial score (nSPS) is 15.6. The van der Waals surface area contributed by atoms with Crippen LogP contribution in [0.4, 0.5) is 5.69 Å². The molecule has 8 heteroatoms. The summed E-state index contributed by atoms with van der Waals surface area (Å²) >= 11 is 8.63. The Hall–Kier alpha value is -3.10. The monoisotopic (exact) mass is 480 g/mol. The summed E-state index contributed by atoms with van der Waals surface area (Å²) in [6.45, 7) is 3.91. The number of nitrogens with one attached hydrogen (secondary N) is 1. The molecule has 1 saturated heterocycles. The Morgan fingerprint density at radius 1 is 1.10 bits per heavy atom. The first-order valence-corrected chi connectivity index (χ1v) is 10.3. The maximum absolute atomic E-state index is 13.2. The van der Waals surface area contributed by atoms with Gasteiger partial charge in [-0.05, 0) is 80.2 Å². The lowest BCUT2D eigenvalue weighted by molar-refractivity contribution is -0.122. The van der Waals surface area contributed by atoms with E-state index in [4.69, 9.17) is 12.2 Å². The fourth-order valence-electron chi connectivity index (χ4n) is 3.45. The number of aromatic nitrogens is 2. The second-order valence-electron chi connectivity index (χ2n) is 6.81. The van der Waals surface area contributed by atoms with Crippen LogP contribution in [0.2, 0.25) is 0 Å². The number of benzene rings is 1. The third-order valence-electron chi connectivity index (χ3n) is 4.86. The molecule has 1 aliphatic heterocycles. The molecule has 30 heavy (non-hydrogen) atoms. The summed E-state index contributed by atoms with van der Waals surface area (Å²) in [6, 6.07) is 12.9. The van der Waals surface area contributed by atoms with Crippen molar-refractivity contribution >= 4 is 56.8 Å². The summed E-state index contributed by atoms with van der Waals surface area (Å²) < 4.78 is 2.91. The van der Waals surface area contributed by atoms with Gasteiger partial charge in [-0.1, -0.05) is 15.9 Å². The van der Waals surface area contributed by atoms with E-state index in [1.807, 2.05) is 48.7 Å². The lowest BCUT2D eigenvalue weighted by atomic mass is 10.1. The maximum atomic E-state index is 13.2. The van der Waals surface area contributed by atoms with Crippen molar-refractivity contribution in [1.29, 1.82) is 0 Å². The molecule has 0 saturated carbocycles. The van der Waals surface area contributed by atoms with Crippen LogP contribution in [-0.2, 0) is 9.59 Å². The van der Waals surface area contributed by atoms with Gasteiger partial charge in [-0.3, -0.25) is 24.8 Å². The van der Waals surface area contributed by atoms with Crippen molar-refractivity contribution in [2.75, 3.05) is 4.90 Å². The first-order chi connectivity index (χ1) is 14.4. The molecular weight excluding hydrogens is 464 g/mol. The molecule has 1 N–H and O–H groups in total. The number of rotatable bonds is 3. The number of amides is 2. The van der Waals surface area contributed by atoms with Gasteiger partial charge in [0.2, 0.25) is 0 Å². The molecule has 4 rings (SSSR count). The first-order valence-electron chi connectivity index (χ1n) is 9.13. The van der Waals surface area contributed by atoms with Crippen LogP contribution in [0.15, 0.2) is 64.9 Å². The molecule has 1 fully saturated rings. The number of carbonyl (C=O) groups excluding carboxylic acids is 2. The molecule has 150 valence electrons. The number of pyridine rings is 1. The van der Waals surface area contributed by atoms with Gasteiger partial charge in [0.05, 0.1) is 17.6 Å². The van der Waals surface area contributed by atoms with E-state index in [9.17, 15) is 9.59 Å². The Labute approximate surface area is 187 Å². The standard InChI is InChI=1S/C22H17BrN4O2S/c1-13-10-15(14(2)26(13)18-4-3-9-24-12-18)11-19-20(28)25-22(30)27(21(19)29)17-7-5-16(23)6-8-17/h3-12H,1-2H3,(H,25,28,30). The van der Waals surface area contributed by atoms with Crippen LogP contribution >= 0.6 is 28.1 Å². The lowest BCUT2D eigenvalue weighted by Gasteiger charge is -2.29. The topological polar surface area (TPSA) is 67.2 Å². The van der Waals surface area contributed by atoms with Gasteiger partial charge in [-0.2, -0.15) is 0 Å². The quantitative estimate of drug-likeness (QED) is 0.348. The van der Waals surface area contributed by atoms with Gasteiger partial charge in [-0.15, -0.1) is 0 Å². The fraction of sp³-hybridized carbons (Fsp3) is 0.0909. The zero-order valence-corrected chi connectivity index (χ0v) is 18.6. The Bertz CT molecular complexity index is 1200. The van der Waals surface area contributed by atoms with Crippen molar-refractivity contribution in [2.45, 2.75) is 13.8 Å². The summed E-state index contributed by atoms with van der Waals surface area (Å²) in [5.41, 5.74) is 4.17. The van der Waals surface area contributed by atoms with E-state index in [0.717, 1.165) is 27.1 Å². The number of hydrogen-bond donors (Lipinski definition) is 1. The summed E-state index contributed by atoms with van der Waals surface area (Å²) in [7, 11) is 0. The van der Waals surface area contributed by atoms with Crippen LogP contribution in [-0.4, -0.2) is 26.5 Å². The second-order valence-corrected chi connectivity index (χ2v) is 8.11. The molecule has 6 nitrogen and oxygen atoms in total. The molecule has 3 aromatic rings. The molecule has 2 aromatic heterocycles.